The van der Waals surface area contributed by atoms with Crippen LogP contribution >= 0.6 is 0 Å². The first-order chi connectivity index (χ1) is 7.68. The summed E-state index contributed by atoms with van der Waals surface area (Å²) < 4.78 is 9.98. The number of amides is 3. The lowest BCUT2D eigenvalue weighted by atomic mass is 10.3. The van der Waals surface area contributed by atoms with Crippen LogP contribution in [0.5, 0.6) is 0 Å². The maximum Gasteiger partial charge on any atom is 0.315 e. The number of ether oxygens (including phenoxy) is 2. The van der Waals surface area contributed by atoms with E-state index in [1.165, 1.54) is 0 Å². The monoisotopic (exact) mass is 231 g/mol. The van der Waals surface area contributed by atoms with Crippen LogP contribution < -0.4 is 16.4 Å². The van der Waals surface area contributed by atoms with Crippen LogP contribution in [-0.4, -0.2) is 51.0 Å². The van der Waals surface area contributed by atoms with E-state index in [2.05, 4.69) is 10.6 Å². The van der Waals surface area contributed by atoms with Gasteiger partial charge in [-0.3, -0.25) is 4.79 Å². The number of urea groups is 1. The van der Waals surface area contributed by atoms with Crippen LogP contribution in [0.15, 0.2) is 0 Å². The largest absolute Gasteiger partial charge is 0.379 e. The summed E-state index contributed by atoms with van der Waals surface area (Å²) in [7, 11) is 0. The molecular weight excluding hydrogens is 214 g/mol. The molecule has 0 aromatic rings. The lowest BCUT2D eigenvalue weighted by molar-refractivity contribution is -0.122. The van der Waals surface area contributed by atoms with E-state index < -0.39 is 5.91 Å². The van der Waals surface area contributed by atoms with Crippen molar-refractivity contribution in [2.24, 2.45) is 5.73 Å². The van der Waals surface area contributed by atoms with E-state index in [-0.39, 0.29) is 25.3 Å². The van der Waals surface area contributed by atoms with Crippen molar-refractivity contribution in [2.75, 3.05) is 33.0 Å². The molecular formula is C9H17N3O4. The Morgan fingerprint density at radius 1 is 1.50 bits per heavy atom. The number of hydrogen-bond donors (Lipinski definition) is 3. The number of nitrogens with one attached hydrogen (secondary N) is 2. The Kier molecular flexibility index (Phi) is 5.58. The van der Waals surface area contributed by atoms with Gasteiger partial charge in [-0.25, -0.2) is 4.79 Å². The molecule has 0 spiro atoms. The standard InChI is InChI=1S/C9H17N3O4/c10-8(13)6-16-4-2-11-9(14)12-7-1-3-15-5-7/h7H,1-6H2,(H2,10,13)(H2,11,12,14). The highest BCUT2D eigenvalue weighted by Crippen LogP contribution is 2.02. The second-order valence-electron chi connectivity index (χ2n) is 3.48. The predicted molar refractivity (Wildman–Crippen MR) is 55.8 cm³/mol. The predicted octanol–water partition coefficient (Wildman–Crippen LogP) is -1.42. The molecule has 7 heteroatoms. The van der Waals surface area contributed by atoms with Crippen LogP contribution in [0.3, 0.4) is 0 Å². The topological polar surface area (TPSA) is 103 Å². The van der Waals surface area contributed by atoms with Crippen molar-refractivity contribution in [3.63, 3.8) is 0 Å². The van der Waals surface area contributed by atoms with E-state index in [4.69, 9.17) is 15.2 Å². The fourth-order valence-corrected chi connectivity index (χ4v) is 1.29. The van der Waals surface area contributed by atoms with Gasteiger partial charge in [0.25, 0.3) is 0 Å². The minimum Gasteiger partial charge on any atom is -0.379 e. The van der Waals surface area contributed by atoms with Gasteiger partial charge in [0.15, 0.2) is 0 Å². The number of rotatable bonds is 6. The zero-order chi connectivity index (χ0) is 11.8. The van der Waals surface area contributed by atoms with E-state index >= 15 is 0 Å². The van der Waals surface area contributed by atoms with Gasteiger partial charge < -0.3 is 25.8 Å². The summed E-state index contributed by atoms with van der Waals surface area (Å²) in [6, 6.07) is -0.162. The van der Waals surface area contributed by atoms with Crippen LogP contribution in [0.1, 0.15) is 6.42 Å². The van der Waals surface area contributed by atoms with Crippen molar-refractivity contribution < 1.29 is 19.1 Å². The van der Waals surface area contributed by atoms with Crippen LogP contribution in [0.25, 0.3) is 0 Å². The molecule has 1 saturated heterocycles. The summed E-state index contributed by atoms with van der Waals surface area (Å²) in [6.45, 7) is 1.72. The third-order valence-electron chi connectivity index (χ3n) is 2.04. The Bertz CT molecular complexity index is 241. The molecule has 0 saturated carbocycles. The molecule has 0 aromatic carbocycles. The van der Waals surface area contributed by atoms with Gasteiger partial charge in [0.2, 0.25) is 5.91 Å². The number of carbonyl (C=O) groups is 2. The van der Waals surface area contributed by atoms with E-state index in [9.17, 15) is 9.59 Å². The summed E-state index contributed by atoms with van der Waals surface area (Å²) in [4.78, 5) is 21.6. The smallest absolute Gasteiger partial charge is 0.315 e. The highest BCUT2D eigenvalue weighted by Gasteiger charge is 2.17. The minimum atomic E-state index is -0.521. The maximum absolute atomic E-state index is 11.3. The van der Waals surface area contributed by atoms with Gasteiger partial charge >= 0.3 is 6.03 Å². The average Bonchev–Trinajstić information content (AvgIpc) is 2.69. The third-order valence-corrected chi connectivity index (χ3v) is 2.04. The van der Waals surface area contributed by atoms with Crippen LogP contribution in [-0.2, 0) is 14.3 Å². The molecule has 1 rings (SSSR count). The molecule has 92 valence electrons. The minimum absolute atomic E-state index is 0.0894. The molecule has 0 radical (unpaired) electrons. The zero-order valence-corrected chi connectivity index (χ0v) is 9.03. The van der Waals surface area contributed by atoms with Crippen molar-refractivity contribution in [1.29, 1.82) is 0 Å². The normalized spacial score (nSPS) is 19.4. The summed E-state index contributed by atoms with van der Waals surface area (Å²) in [5.41, 5.74) is 4.87. The first kappa shape index (κ1) is 12.7. The molecule has 1 aliphatic rings. The number of carbonyl (C=O) groups excluding carboxylic acids is 2. The average molecular weight is 231 g/mol. The quantitative estimate of drug-likeness (QED) is 0.488. The Morgan fingerprint density at radius 3 is 2.94 bits per heavy atom. The van der Waals surface area contributed by atoms with Gasteiger partial charge in [-0.1, -0.05) is 0 Å². The van der Waals surface area contributed by atoms with Crippen LogP contribution in [0.2, 0.25) is 0 Å². The first-order valence-electron chi connectivity index (χ1n) is 5.16. The summed E-state index contributed by atoms with van der Waals surface area (Å²) in [5, 5.41) is 5.36. The molecule has 16 heavy (non-hydrogen) atoms. The fourth-order valence-electron chi connectivity index (χ4n) is 1.29. The van der Waals surface area contributed by atoms with Crippen LogP contribution in [0, 0.1) is 0 Å². The molecule has 1 fully saturated rings. The highest BCUT2D eigenvalue weighted by molar-refractivity contribution is 5.75. The number of nitrogens with two attached hydrogens (primary N) is 1. The summed E-state index contributed by atoms with van der Waals surface area (Å²) >= 11 is 0. The molecule has 0 aliphatic carbocycles. The van der Waals surface area contributed by atoms with E-state index in [0.29, 0.717) is 19.8 Å². The van der Waals surface area contributed by atoms with Gasteiger partial charge in [0.1, 0.15) is 6.61 Å². The Morgan fingerprint density at radius 2 is 2.31 bits per heavy atom. The summed E-state index contributed by atoms with van der Waals surface area (Å²) in [6.07, 6.45) is 0.839. The van der Waals surface area contributed by atoms with Gasteiger partial charge in [-0.05, 0) is 6.42 Å². The molecule has 7 nitrogen and oxygen atoms in total. The fraction of sp³-hybridized carbons (Fsp3) is 0.778. The summed E-state index contributed by atoms with van der Waals surface area (Å²) in [5.74, 6) is -0.521. The maximum atomic E-state index is 11.3. The van der Waals surface area contributed by atoms with Crippen molar-refractivity contribution in [1.82, 2.24) is 10.6 Å². The van der Waals surface area contributed by atoms with E-state index in [0.717, 1.165) is 6.42 Å². The highest BCUT2D eigenvalue weighted by atomic mass is 16.5. The molecule has 1 atom stereocenters. The Balaban J connectivity index is 1.95. The molecule has 1 heterocycles. The Labute approximate surface area is 93.6 Å². The van der Waals surface area contributed by atoms with Crippen molar-refractivity contribution >= 4 is 11.9 Å². The second-order valence-corrected chi connectivity index (χ2v) is 3.48. The first-order valence-corrected chi connectivity index (χ1v) is 5.16. The molecule has 1 aliphatic heterocycles. The zero-order valence-electron chi connectivity index (χ0n) is 9.03. The molecule has 4 N–H and O–H groups in total. The van der Waals surface area contributed by atoms with Crippen molar-refractivity contribution in [2.45, 2.75) is 12.5 Å². The van der Waals surface area contributed by atoms with Crippen molar-refractivity contribution in [3.8, 4) is 0 Å². The molecule has 1 unspecified atom stereocenters. The second kappa shape index (κ2) is 7.02. The molecule has 0 bridgehead atoms. The number of hydrogen-bond acceptors (Lipinski definition) is 4. The molecule has 3 amide bonds. The van der Waals surface area contributed by atoms with Gasteiger partial charge in [-0.15, -0.1) is 0 Å². The molecule has 0 aromatic heterocycles. The van der Waals surface area contributed by atoms with Gasteiger partial charge in [0.05, 0.1) is 19.3 Å². The van der Waals surface area contributed by atoms with Gasteiger partial charge in [-0.2, -0.15) is 0 Å². The third kappa shape index (κ3) is 5.52. The van der Waals surface area contributed by atoms with E-state index in [1.807, 2.05) is 0 Å². The lowest BCUT2D eigenvalue weighted by Gasteiger charge is -2.11. The van der Waals surface area contributed by atoms with Gasteiger partial charge in [0, 0.05) is 13.2 Å². The van der Waals surface area contributed by atoms with Crippen LogP contribution in [0.4, 0.5) is 4.79 Å². The lowest BCUT2D eigenvalue weighted by Crippen LogP contribution is -2.43. The van der Waals surface area contributed by atoms with E-state index in [1.54, 1.807) is 0 Å². The Hall–Kier alpha value is -1.34. The SMILES string of the molecule is NC(=O)COCCNC(=O)NC1CCOC1. The number of primary amides is 1. The van der Waals surface area contributed by atoms with Crippen molar-refractivity contribution in [3.05, 3.63) is 0 Å².